The molecule has 0 radical (unpaired) electrons. The van der Waals surface area contributed by atoms with Gasteiger partial charge in [-0.2, -0.15) is 0 Å². The molecule has 0 saturated heterocycles. The Morgan fingerprint density at radius 1 is 1.20 bits per heavy atom. The lowest BCUT2D eigenvalue weighted by molar-refractivity contribution is 0.0779. The molecule has 3 rings (SSSR count). The van der Waals surface area contributed by atoms with Crippen LogP contribution >= 0.6 is 0 Å². The number of rotatable bonds is 4. The zero-order valence-corrected chi connectivity index (χ0v) is 14.8. The van der Waals surface area contributed by atoms with Gasteiger partial charge in [0.15, 0.2) is 0 Å². The Morgan fingerprint density at radius 3 is 2.68 bits per heavy atom. The van der Waals surface area contributed by atoms with Crippen LogP contribution in [0.25, 0.3) is 0 Å². The van der Waals surface area contributed by atoms with Gasteiger partial charge in [0, 0.05) is 31.9 Å². The quantitative estimate of drug-likeness (QED) is 0.860. The first-order valence-corrected chi connectivity index (χ1v) is 8.72. The van der Waals surface area contributed by atoms with Crippen LogP contribution in [-0.2, 0) is 19.5 Å². The Hall–Kier alpha value is -2.56. The number of aromatic nitrogens is 1. The van der Waals surface area contributed by atoms with Crippen molar-refractivity contribution in [2.75, 3.05) is 14.2 Å². The molecule has 0 fully saturated rings. The summed E-state index contributed by atoms with van der Waals surface area (Å²) in [5.74, 6) is 0.273. The summed E-state index contributed by atoms with van der Waals surface area (Å²) in [6, 6.07) is 11.3. The molecule has 2 aromatic rings. The number of carbonyl (C=O) groups is 1. The lowest BCUT2D eigenvalue weighted by atomic mass is 10.1. The smallest absolute Gasteiger partial charge is 0.259 e. The molecule has 0 N–H and O–H groups in total. The highest BCUT2D eigenvalue weighted by molar-refractivity contribution is 5.98. The van der Waals surface area contributed by atoms with Gasteiger partial charge in [0.25, 0.3) is 11.5 Å². The Morgan fingerprint density at radius 2 is 1.96 bits per heavy atom. The van der Waals surface area contributed by atoms with Crippen LogP contribution in [0.3, 0.4) is 0 Å². The largest absolute Gasteiger partial charge is 0.496 e. The molecular formula is C20H24N2O3. The van der Waals surface area contributed by atoms with Gasteiger partial charge in [-0.05, 0) is 24.8 Å². The maximum absolute atomic E-state index is 13.2. The molecule has 0 unspecified atom stereocenters. The second-order valence-electron chi connectivity index (χ2n) is 6.48. The highest BCUT2D eigenvalue weighted by Crippen LogP contribution is 2.26. The third-order valence-electron chi connectivity index (χ3n) is 4.72. The molecule has 5 nitrogen and oxygen atoms in total. The van der Waals surface area contributed by atoms with Gasteiger partial charge < -0.3 is 14.2 Å². The number of benzene rings is 1. The minimum Gasteiger partial charge on any atom is -0.496 e. The second-order valence-corrected chi connectivity index (χ2v) is 6.48. The van der Waals surface area contributed by atoms with E-state index < -0.39 is 0 Å². The molecule has 0 atom stereocenters. The molecular weight excluding hydrogens is 316 g/mol. The van der Waals surface area contributed by atoms with Crippen molar-refractivity contribution in [3.63, 3.8) is 0 Å². The fraction of sp³-hybridized carbons (Fsp3) is 0.400. The first kappa shape index (κ1) is 17.3. The number of nitrogens with zero attached hydrogens (tertiary/aromatic N) is 2. The Labute approximate surface area is 147 Å². The van der Waals surface area contributed by atoms with E-state index in [1.807, 2.05) is 30.3 Å². The number of amides is 1. The van der Waals surface area contributed by atoms with Crippen molar-refractivity contribution in [2.45, 2.75) is 38.8 Å². The van der Waals surface area contributed by atoms with Crippen molar-refractivity contribution in [3.05, 3.63) is 63.6 Å². The van der Waals surface area contributed by atoms with Crippen LogP contribution in [0.1, 0.15) is 40.9 Å². The van der Waals surface area contributed by atoms with E-state index in [2.05, 4.69) is 0 Å². The van der Waals surface area contributed by atoms with Crippen molar-refractivity contribution in [1.29, 1.82) is 0 Å². The maximum atomic E-state index is 13.2. The summed E-state index contributed by atoms with van der Waals surface area (Å²) < 4.78 is 7.14. The van der Waals surface area contributed by atoms with E-state index in [1.165, 1.54) is 13.2 Å². The van der Waals surface area contributed by atoms with Crippen LogP contribution in [0.5, 0.6) is 5.75 Å². The van der Waals surface area contributed by atoms with Crippen LogP contribution in [0.4, 0.5) is 0 Å². The van der Waals surface area contributed by atoms with E-state index >= 15 is 0 Å². The van der Waals surface area contributed by atoms with Gasteiger partial charge in [-0.25, -0.2) is 0 Å². The first-order valence-electron chi connectivity index (χ1n) is 8.72. The molecule has 1 aromatic heterocycles. The minimum absolute atomic E-state index is 0.0870. The second kappa shape index (κ2) is 7.55. The number of methoxy groups -OCH3 is 1. The van der Waals surface area contributed by atoms with Crippen LogP contribution in [-0.4, -0.2) is 29.5 Å². The van der Waals surface area contributed by atoms with E-state index in [0.29, 0.717) is 24.4 Å². The zero-order chi connectivity index (χ0) is 17.8. The number of hydrogen-bond donors (Lipinski definition) is 0. The molecule has 0 saturated carbocycles. The van der Waals surface area contributed by atoms with Gasteiger partial charge in [0.2, 0.25) is 0 Å². The van der Waals surface area contributed by atoms with E-state index in [1.54, 1.807) is 16.5 Å². The van der Waals surface area contributed by atoms with Gasteiger partial charge in [-0.3, -0.25) is 9.59 Å². The SMILES string of the molecule is COc1cc(=O)n2c(c1C(=O)N(C)Cc1ccccc1)CCCCC2. The fourth-order valence-corrected chi connectivity index (χ4v) is 3.43. The summed E-state index contributed by atoms with van der Waals surface area (Å²) in [5.41, 5.74) is 2.32. The van der Waals surface area contributed by atoms with E-state index in [0.717, 1.165) is 36.9 Å². The first-order chi connectivity index (χ1) is 12.1. The van der Waals surface area contributed by atoms with Crippen molar-refractivity contribution >= 4 is 5.91 Å². The topological polar surface area (TPSA) is 51.5 Å². The standard InChI is InChI=1S/C20H24N2O3/c1-21(14-15-9-5-3-6-10-15)20(24)19-16-11-7-4-8-12-22(16)18(23)13-17(19)25-2/h3,5-6,9-10,13H,4,7-8,11-12,14H2,1-2H3. The normalized spacial score (nSPS) is 13.7. The summed E-state index contributed by atoms with van der Waals surface area (Å²) in [4.78, 5) is 27.2. The third-order valence-corrected chi connectivity index (χ3v) is 4.72. The lowest BCUT2D eigenvalue weighted by Crippen LogP contribution is -2.32. The maximum Gasteiger partial charge on any atom is 0.259 e. The molecule has 1 amide bonds. The van der Waals surface area contributed by atoms with Crippen LogP contribution in [0.2, 0.25) is 0 Å². The van der Waals surface area contributed by atoms with Gasteiger partial charge in [0.05, 0.1) is 7.11 Å². The monoisotopic (exact) mass is 340 g/mol. The number of hydrogen-bond acceptors (Lipinski definition) is 3. The third kappa shape index (κ3) is 3.60. The molecule has 1 aliphatic heterocycles. The van der Waals surface area contributed by atoms with Crippen LogP contribution in [0, 0.1) is 0 Å². The van der Waals surface area contributed by atoms with Crippen LogP contribution in [0.15, 0.2) is 41.2 Å². The molecule has 0 spiro atoms. The molecule has 1 aromatic carbocycles. The van der Waals surface area contributed by atoms with E-state index in [-0.39, 0.29) is 11.5 Å². The lowest BCUT2D eigenvalue weighted by Gasteiger charge is -2.22. The summed E-state index contributed by atoms with van der Waals surface area (Å²) in [6.07, 6.45) is 3.74. The number of carbonyl (C=O) groups excluding carboxylic acids is 1. The van der Waals surface area contributed by atoms with Crippen molar-refractivity contribution < 1.29 is 9.53 Å². The minimum atomic E-state index is -0.105. The average molecular weight is 340 g/mol. The van der Waals surface area contributed by atoms with Gasteiger partial charge >= 0.3 is 0 Å². The predicted molar refractivity (Wildman–Crippen MR) is 97.0 cm³/mol. The van der Waals surface area contributed by atoms with Crippen molar-refractivity contribution in [2.24, 2.45) is 0 Å². The Balaban J connectivity index is 2.00. The molecule has 0 aliphatic carbocycles. The molecule has 1 aliphatic rings. The van der Waals surface area contributed by atoms with Gasteiger partial charge in [-0.15, -0.1) is 0 Å². The predicted octanol–water partition coefficient (Wildman–Crippen LogP) is 2.86. The summed E-state index contributed by atoms with van der Waals surface area (Å²) >= 11 is 0. The summed E-state index contributed by atoms with van der Waals surface area (Å²) in [5, 5.41) is 0. The Kier molecular flexibility index (Phi) is 5.22. The zero-order valence-electron chi connectivity index (χ0n) is 14.8. The van der Waals surface area contributed by atoms with Crippen molar-refractivity contribution in [1.82, 2.24) is 9.47 Å². The van der Waals surface area contributed by atoms with Gasteiger partial charge in [0.1, 0.15) is 11.3 Å². The van der Waals surface area contributed by atoms with E-state index in [4.69, 9.17) is 4.74 Å². The number of pyridine rings is 1. The highest BCUT2D eigenvalue weighted by atomic mass is 16.5. The average Bonchev–Trinajstić information content (AvgIpc) is 2.88. The number of fused-ring (bicyclic) bond motifs is 1. The van der Waals surface area contributed by atoms with Gasteiger partial charge in [-0.1, -0.05) is 36.8 Å². The summed E-state index contributed by atoms with van der Waals surface area (Å²) in [6.45, 7) is 1.18. The van der Waals surface area contributed by atoms with Crippen molar-refractivity contribution in [3.8, 4) is 5.75 Å². The Bertz CT molecular complexity index is 812. The summed E-state index contributed by atoms with van der Waals surface area (Å²) in [7, 11) is 3.30. The molecule has 2 heterocycles. The molecule has 5 heteroatoms. The highest BCUT2D eigenvalue weighted by Gasteiger charge is 2.25. The molecule has 0 bridgehead atoms. The van der Waals surface area contributed by atoms with Crippen LogP contribution < -0.4 is 10.3 Å². The van der Waals surface area contributed by atoms with E-state index in [9.17, 15) is 9.59 Å². The molecule has 132 valence electrons. The fourth-order valence-electron chi connectivity index (χ4n) is 3.43. The molecule has 25 heavy (non-hydrogen) atoms. The number of ether oxygens (including phenoxy) is 1.